The number of anilines is 2. The Morgan fingerprint density at radius 3 is 2.53 bits per heavy atom. The van der Waals surface area contributed by atoms with Crippen LogP contribution in [0.4, 0.5) is 29.1 Å². The van der Waals surface area contributed by atoms with Gasteiger partial charge in [-0.25, -0.2) is 15.0 Å². The normalized spacial score (nSPS) is 11.4. The van der Waals surface area contributed by atoms with E-state index in [1.807, 2.05) is 6.92 Å². The number of fused-ring (bicyclic) bond motifs is 1. The molecular formula is C22H16F4N4O2. The molecule has 164 valence electrons. The minimum Gasteiger partial charge on any atom is -0.494 e. The van der Waals surface area contributed by atoms with Crippen LogP contribution in [0.5, 0.6) is 11.5 Å². The third-order valence-electron chi connectivity index (χ3n) is 4.29. The van der Waals surface area contributed by atoms with E-state index in [1.54, 1.807) is 24.3 Å². The van der Waals surface area contributed by atoms with E-state index in [4.69, 9.17) is 4.74 Å². The molecule has 0 amide bonds. The van der Waals surface area contributed by atoms with Crippen LogP contribution in [0.2, 0.25) is 0 Å². The molecule has 32 heavy (non-hydrogen) atoms. The largest absolute Gasteiger partial charge is 0.573 e. The molecule has 1 N–H and O–H groups in total. The van der Waals surface area contributed by atoms with Crippen LogP contribution < -0.4 is 14.8 Å². The van der Waals surface area contributed by atoms with Crippen LogP contribution in [0, 0.1) is 5.95 Å². The summed E-state index contributed by atoms with van der Waals surface area (Å²) in [7, 11) is 0. The van der Waals surface area contributed by atoms with Gasteiger partial charge in [-0.05, 0) is 49.4 Å². The van der Waals surface area contributed by atoms with E-state index in [1.165, 1.54) is 36.5 Å². The van der Waals surface area contributed by atoms with E-state index in [2.05, 4.69) is 25.0 Å². The highest BCUT2D eigenvalue weighted by Gasteiger charge is 2.31. The number of ether oxygens (including phenoxy) is 2. The van der Waals surface area contributed by atoms with Crippen LogP contribution in [0.25, 0.3) is 22.3 Å². The van der Waals surface area contributed by atoms with E-state index < -0.39 is 12.3 Å². The van der Waals surface area contributed by atoms with Crippen molar-refractivity contribution in [2.24, 2.45) is 0 Å². The van der Waals surface area contributed by atoms with Gasteiger partial charge in [-0.15, -0.1) is 13.2 Å². The fourth-order valence-electron chi connectivity index (χ4n) is 3.00. The highest BCUT2D eigenvalue weighted by molar-refractivity contribution is 5.93. The summed E-state index contributed by atoms with van der Waals surface area (Å²) in [5.41, 5.74) is 1.34. The zero-order valence-corrected chi connectivity index (χ0v) is 16.7. The smallest absolute Gasteiger partial charge is 0.494 e. The average molecular weight is 444 g/mol. The SMILES string of the molecule is CCOc1ccc2nc(-c3ccc(F)nc3)nc(Nc3cccc(OC(F)(F)F)c3)c2c1. The molecule has 0 bridgehead atoms. The van der Waals surface area contributed by atoms with E-state index in [9.17, 15) is 17.6 Å². The Morgan fingerprint density at radius 1 is 0.969 bits per heavy atom. The van der Waals surface area contributed by atoms with Crippen LogP contribution in [0.15, 0.2) is 60.8 Å². The molecule has 0 fully saturated rings. The quantitative estimate of drug-likeness (QED) is 0.296. The van der Waals surface area contributed by atoms with Crippen molar-refractivity contribution in [3.8, 4) is 22.9 Å². The number of pyridine rings is 1. The summed E-state index contributed by atoms with van der Waals surface area (Å²) in [6, 6.07) is 13.3. The Morgan fingerprint density at radius 2 is 1.81 bits per heavy atom. The fourth-order valence-corrected chi connectivity index (χ4v) is 3.00. The van der Waals surface area contributed by atoms with Gasteiger partial charge in [0.05, 0.1) is 12.1 Å². The molecule has 4 rings (SSSR count). The highest BCUT2D eigenvalue weighted by atomic mass is 19.4. The molecule has 2 aromatic carbocycles. The van der Waals surface area contributed by atoms with E-state index >= 15 is 0 Å². The molecule has 0 aliphatic heterocycles. The molecule has 6 nitrogen and oxygen atoms in total. The second-order valence-corrected chi connectivity index (χ2v) is 6.58. The summed E-state index contributed by atoms with van der Waals surface area (Å²) in [5.74, 6) is 0.144. The summed E-state index contributed by atoms with van der Waals surface area (Å²) in [5, 5.41) is 3.60. The predicted octanol–water partition coefficient (Wildman–Crippen LogP) is 5.87. The molecule has 2 heterocycles. The van der Waals surface area contributed by atoms with Crippen LogP contribution in [0.1, 0.15) is 6.92 Å². The minimum absolute atomic E-state index is 0.263. The molecule has 0 aliphatic rings. The zero-order valence-electron chi connectivity index (χ0n) is 16.7. The fraction of sp³-hybridized carbons (Fsp3) is 0.136. The predicted molar refractivity (Wildman–Crippen MR) is 110 cm³/mol. The van der Waals surface area contributed by atoms with Crippen LogP contribution >= 0.6 is 0 Å². The lowest BCUT2D eigenvalue weighted by Gasteiger charge is -2.14. The van der Waals surface area contributed by atoms with Gasteiger partial charge in [0.15, 0.2) is 5.82 Å². The summed E-state index contributed by atoms with van der Waals surface area (Å²) >= 11 is 0. The Labute approximate surface area is 179 Å². The van der Waals surface area contributed by atoms with Crippen molar-refractivity contribution in [1.29, 1.82) is 0 Å². The Balaban J connectivity index is 1.79. The van der Waals surface area contributed by atoms with E-state index in [0.29, 0.717) is 40.3 Å². The lowest BCUT2D eigenvalue weighted by Crippen LogP contribution is -2.17. The first-order chi connectivity index (χ1) is 15.3. The van der Waals surface area contributed by atoms with Crippen molar-refractivity contribution in [1.82, 2.24) is 15.0 Å². The molecule has 0 atom stereocenters. The number of aromatic nitrogens is 3. The van der Waals surface area contributed by atoms with Gasteiger partial charge in [-0.3, -0.25) is 0 Å². The van der Waals surface area contributed by atoms with Crippen molar-refractivity contribution in [2.45, 2.75) is 13.3 Å². The average Bonchev–Trinajstić information content (AvgIpc) is 2.74. The van der Waals surface area contributed by atoms with Gasteiger partial charge < -0.3 is 14.8 Å². The Kier molecular flexibility index (Phi) is 5.76. The van der Waals surface area contributed by atoms with Gasteiger partial charge in [-0.2, -0.15) is 4.39 Å². The molecular weight excluding hydrogens is 428 g/mol. The lowest BCUT2D eigenvalue weighted by atomic mass is 10.2. The van der Waals surface area contributed by atoms with Gasteiger partial charge in [0, 0.05) is 28.9 Å². The summed E-state index contributed by atoms with van der Waals surface area (Å²) in [4.78, 5) is 12.6. The van der Waals surface area contributed by atoms with Gasteiger partial charge in [0.1, 0.15) is 17.3 Å². The van der Waals surface area contributed by atoms with Crippen LogP contribution in [-0.4, -0.2) is 27.9 Å². The molecule has 0 radical (unpaired) electrons. The Bertz CT molecular complexity index is 1250. The number of hydrogen-bond donors (Lipinski definition) is 1. The van der Waals surface area contributed by atoms with E-state index in [0.717, 1.165) is 0 Å². The van der Waals surface area contributed by atoms with Gasteiger partial charge in [0.25, 0.3) is 0 Å². The summed E-state index contributed by atoms with van der Waals surface area (Å²) in [6.45, 7) is 2.29. The first-order valence-electron chi connectivity index (χ1n) is 9.50. The molecule has 0 spiro atoms. The molecule has 0 unspecified atom stereocenters. The third kappa shape index (κ3) is 5.02. The van der Waals surface area contributed by atoms with E-state index in [-0.39, 0.29) is 11.6 Å². The van der Waals surface area contributed by atoms with Crippen molar-refractivity contribution >= 4 is 22.4 Å². The van der Waals surface area contributed by atoms with Gasteiger partial charge >= 0.3 is 6.36 Å². The van der Waals surface area contributed by atoms with Crippen LogP contribution in [0.3, 0.4) is 0 Å². The van der Waals surface area contributed by atoms with Crippen molar-refractivity contribution in [3.63, 3.8) is 0 Å². The summed E-state index contributed by atoms with van der Waals surface area (Å²) in [6.07, 6.45) is -3.51. The lowest BCUT2D eigenvalue weighted by molar-refractivity contribution is -0.274. The van der Waals surface area contributed by atoms with Crippen LogP contribution in [-0.2, 0) is 0 Å². The van der Waals surface area contributed by atoms with Crippen molar-refractivity contribution in [3.05, 3.63) is 66.7 Å². The maximum absolute atomic E-state index is 13.2. The standard InChI is InChI=1S/C22H16F4N4O2/c1-2-31-15-7-8-18-17(11-15)21(30-20(29-18)13-6-9-19(23)27-12-13)28-14-4-3-5-16(10-14)32-22(24,25)26/h3-12H,2H2,1H3,(H,28,29,30). The van der Waals surface area contributed by atoms with Gasteiger partial charge in [0.2, 0.25) is 5.95 Å². The minimum atomic E-state index is -4.81. The van der Waals surface area contributed by atoms with Gasteiger partial charge in [-0.1, -0.05) is 6.07 Å². The highest BCUT2D eigenvalue weighted by Crippen LogP contribution is 2.32. The molecule has 10 heteroatoms. The topological polar surface area (TPSA) is 69.2 Å². The molecule has 0 aliphatic carbocycles. The number of nitrogens with one attached hydrogen (secondary N) is 1. The number of halogens is 4. The molecule has 4 aromatic rings. The number of hydrogen-bond acceptors (Lipinski definition) is 6. The third-order valence-corrected chi connectivity index (χ3v) is 4.29. The Hall–Kier alpha value is -3.95. The zero-order chi connectivity index (χ0) is 22.7. The number of benzene rings is 2. The maximum atomic E-state index is 13.2. The monoisotopic (exact) mass is 444 g/mol. The number of nitrogens with zero attached hydrogens (tertiary/aromatic N) is 3. The van der Waals surface area contributed by atoms with Crippen molar-refractivity contribution in [2.75, 3.05) is 11.9 Å². The number of alkyl halides is 3. The second kappa shape index (κ2) is 8.66. The second-order valence-electron chi connectivity index (χ2n) is 6.58. The maximum Gasteiger partial charge on any atom is 0.573 e. The van der Waals surface area contributed by atoms with Crippen molar-refractivity contribution < 1.29 is 27.0 Å². The first kappa shape index (κ1) is 21.3. The molecule has 2 aromatic heterocycles. The summed E-state index contributed by atoms with van der Waals surface area (Å²) < 4.78 is 60.5. The molecule has 0 saturated carbocycles. The first-order valence-corrected chi connectivity index (χ1v) is 9.50. The molecule has 0 saturated heterocycles. The number of rotatable bonds is 6.